The average Bonchev–Trinajstić information content (AvgIpc) is 2.15. The number of fused-ring (bicyclic) bond motifs is 1. The van der Waals surface area contributed by atoms with Crippen LogP contribution in [0.1, 0.15) is 5.56 Å². The van der Waals surface area contributed by atoms with Gasteiger partial charge in [-0.3, -0.25) is 0 Å². The third-order valence-corrected chi connectivity index (χ3v) is 3.59. The van der Waals surface area contributed by atoms with Gasteiger partial charge in [-0.15, -0.1) is 0 Å². The molecule has 1 aromatic rings. The molecule has 0 bridgehead atoms. The summed E-state index contributed by atoms with van der Waals surface area (Å²) in [5, 5.41) is 0. The highest BCUT2D eigenvalue weighted by molar-refractivity contribution is 9.10. The molecule has 16 heavy (non-hydrogen) atoms. The van der Waals surface area contributed by atoms with E-state index in [0.717, 1.165) is 0 Å². The molecule has 4 nitrogen and oxygen atoms in total. The van der Waals surface area contributed by atoms with Gasteiger partial charge in [0, 0.05) is 10.7 Å². The molecule has 0 unspecified atom stereocenters. The second-order valence-electron chi connectivity index (χ2n) is 3.29. The van der Waals surface area contributed by atoms with Crippen LogP contribution in [0.4, 0.5) is 0 Å². The lowest BCUT2D eigenvalue weighted by molar-refractivity contribution is 0.170. The molecule has 1 aliphatic heterocycles. The van der Waals surface area contributed by atoms with E-state index in [4.69, 9.17) is 20.2 Å². The number of hydrogen-bond acceptors (Lipinski definition) is 4. The Balaban J connectivity index is 2.39. The zero-order chi connectivity index (χ0) is 11.8. The van der Waals surface area contributed by atoms with Crippen LogP contribution in [0, 0.1) is 0 Å². The quantitative estimate of drug-likeness (QED) is 0.782. The van der Waals surface area contributed by atoms with Gasteiger partial charge >= 0.3 is 0 Å². The second-order valence-corrected chi connectivity index (χ2v) is 6.92. The normalized spacial score (nSPS) is 14.9. The minimum absolute atomic E-state index is 0.232. The van der Waals surface area contributed by atoms with E-state index in [1.54, 1.807) is 12.1 Å². The minimum Gasteiger partial charge on any atom is -0.486 e. The third-order valence-electron chi connectivity index (χ3n) is 2.00. The Bertz CT molecular complexity index is 514. The monoisotopic (exact) mass is 326 g/mol. The number of rotatable bonds is 2. The molecule has 2 rings (SSSR count). The molecule has 1 heterocycles. The van der Waals surface area contributed by atoms with E-state index in [1.807, 2.05) is 0 Å². The molecular weight excluding hydrogens is 320 g/mol. The molecule has 0 saturated heterocycles. The van der Waals surface area contributed by atoms with Gasteiger partial charge in [-0.2, -0.15) is 0 Å². The second kappa shape index (κ2) is 4.43. The van der Waals surface area contributed by atoms with E-state index < -0.39 is 9.05 Å². The van der Waals surface area contributed by atoms with Crippen molar-refractivity contribution < 1.29 is 17.9 Å². The van der Waals surface area contributed by atoms with Gasteiger partial charge in [0.1, 0.15) is 13.2 Å². The van der Waals surface area contributed by atoms with Crippen molar-refractivity contribution in [1.82, 2.24) is 0 Å². The van der Waals surface area contributed by atoms with Crippen molar-refractivity contribution in [1.29, 1.82) is 0 Å². The fourth-order valence-electron chi connectivity index (χ4n) is 1.45. The predicted molar refractivity (Wildman–Crippen MR) is 63.6 cm³/mol. The van der Waals surface area contributed by atoms with Crippen LogP contribution in [-0.4, -0.2) is 21.6 Å². The van der Waals surface area contributed by atoms with E-state index in [9.17, 15) is 8.42 Å². The van der Waals surface area contributed by atoms with E-state index >= 15 is 0 Å². The van der Waals surface area contributed by atoms with Gasteiger partial charge in [-0.25, -0.2) is 8.42 Å². The van der Waals surface area contributed by atoms with Crippen molar-refractivity contribution in [3.8, 4) is 11.5 Å². The van der Waals surface area contributed by atoms with Crippen molar-refractivity contribution in [2.75, 3.05) is 13.2 Å². The summed E-state index contributed by atoms with van der Waals surface area (Å²) in [5.74, 6) is 0.905. The first-order valence-corrected chi connectivity index (χ1v) is 7.73. The summed E-state index contributed by atoms with van der Waals surface area (Å²) < 4.78 is 33.3. The molecule has 0 amide bonds. The highest BCUT2D eigenvalue weighted by Crippen LogP contribution is 2.38. The Morgan fingerprint density at radius 1 is 1.31 bits per heavy atom. The molecular formula is C9H8BrClO4S. The lowest BCUT2D eigenvalue weighted by Gasteiger charge is -2.20. The summed E-state index contributed by atoms with van der Waals surface area (Å²) in [4.78, 5) is 0. The van der Waals surface area contributed by atoms with Gasteiger partial charge < -0.3 is 9.47 Å². The first-order valence-electron chi connectivity index (χ1n) is 4.46. The van der Waals surface area contributed by atoms with Gasteiger partial charge in [-0.1, -0.05) is 0 Å². The molecule has 7 heteroatoms. The zero-order valence-corrected chi connectivity index (χ0v) is 11.2. The SMILES string of the molecule is O=S(=O)(Cl)Cc1cc(Br)c2c(c1)OCCO2. The largest absolute Gasteiger partial charge is 0.486 e. The van der Waals surface area contributed by atoms with Crippen molar-refractivity contribution in [3.63, 3.8) is 0 Å². The summed E-state index contributed by atoms with van der Waals surface area (Å²) in [5.41, 5.74) is 0.561. The van der Waals surface area contributed by atoms with E-state index in [2.05, 4.69) is 15.9 Å². The van der Waals surface area contributed by atoms with E-state index in [1.165, 1.54) is 0 Å². The fraction of sp³-hybridized carbons (Fsp3) is 0.333. The van der Waals surface area contributed by atoms with Crippen LogP contribution in [0.25, 0.3) is 0 Å². The standard InChI is InChI=1S/C9H8BrClO4S/c10-7-3-6(5-16(11,12)13)4-8-9(7)15-2-1-14-8/h3-4H,1-2,5H2. The number of benzene rings is 1. The number of halogens is 2. The molecule has 0 spiro atoms. The Kier molecular flexibility index (Phi) is 3.32. The molecule has 1 aliphatic rings. The summed E-state index contributed by atoms with van der Waals surface area (Å²) in [6, 6.07) is 3.28. The third kappa shape index (κ3) is 2.81. The van der Waals surface area contributed by atoms with E-state index in [0.29, 0.717) is 34.7 Å². The maximum absolute atomic E-state index is 11.0. The number of ether oxygens (including phenoxy) is 2. The topological polar surface area (TPSA) is 52.6 Å². The molecule has 1 aromatic carbocycles. The van der Waals surface area contributed by atoms with Crippen LogP contribution >= 0.6 is 26.6 Å². The van der Waals surface area contributed by atoms with Gasteiger partial charge in [0.25, 0.3) is 0 Å². The molecule has 0 aromatic heterocycles. The Morgan fingerprint density at radius 2 is 2.00 bits per heavy atom. The van der Waals surface area contributed by atoms with Crippen LogP contribution in [0.2, 0.25) is 0 Å². The molecule has 0 aliphatic carbocycles. The van der Waals surface area contributed by atoms with Gasteiger partial charge in [0.2, 0.25) is 9.05 Å². The minimum atomic E-state index is -3.57. The molecule has 0 atom stereocenters. The lowest BCUT2D eigenvalue weighted by Crippen LogP contribution is -2.16. The molecule has 0 fully saturated rings. The van der Waals surface area contributed by atoms with Crippen LogP contribution < -0.4 is 9.47 Å². The lowest BCUT2D eigenvalue weighted by atomic mass is 10.2. The Labute approximate surface area is 106 Å². The molecule has 0 radical (unpaired) electrons. The van der Waals surface area contributed by atoms with Crippen molar-refractivity contribution in [2.45, 2.75) is 5.75 Å². The smallest absolute Gasteiger partial charge is 0.236 e. The Morgan fingerprint density at radius 3 is 2.69 bits per heavy atom. The van der Waals surface area contributed by atoms with E-state index in [-0.39, 0.29) is 5.75 Å². The fourth-order valence-corrected chi connectivity index (χ4v) is 2.99. The zero-order valence-electron chi connectivity index (χ0n) is 8.07. The predicted octanol–water partition coefficient (Wildman–Crippen LogP) is 2.29. The summed E-state index contributed by atoms with van der Waals surface area (Å²) in [6.45, 7) is 0.940. The molecule has 0 N–H and O–H groups in total. The maximum atomic E-state index is 11.0. The molecule has 0 saturated carbocycles. The van der Waals surface area contributed by atoms with Crippen molar-refractivity contribution in [2.24, 2.45) is 0 Å². The van der Waals surface area contributed by atoms with Crippen molar-refractivity contribution >= 4 is 35.7 Å². The van der Waals surface area contributed by atoms with Gasteiger partial charge in [0.15, 0.2) is 11.5 Å². The summed E-state index contributed by atoms with van der Waals surface area (Å²) >= 11 is 3.30. The van der Waals surface area contributed by atoms with Gasteiger partial charge in [0.05, 0.1) is 10.2 Å². The van der Waals surface area contributed by atoms with Crippen LogP contribution in [0.3, 0.4) is 0 Å². The van der Waals surface area contributed by atoms with Crippen LogP contribution in [0.5, 0.6) is 11.5 Å². The van der Waals surface area contributed by atoms with Gasteiger partial charge in [-0.05, 0) is 33.6 Å². The average molecular weight is 328 g/mol. The first kappa shape index (κ1) is 12.0. The highest BCUT2D eigenvalue weighted by Gasteiger charge is 2.18. The van der Waals surface area contributed by atoms with Crippen LogP contribution in [0.15, 0.2) is 16.6 Å². The summed E-state index contributed by atoms with van der Waals surface area (Å²) in [7, 11) is 1.62. The molecule has 88 valence electrons. The Hall–Kier alpha value is -0.460. The maximum Gasteiger partial charge on any atom is 0.236 e. The highest BCUT2D eigenvalue weighted by atomic mass is 79.9. The summed E-state index contributed by atoms with van der Waals surface area (Å²) in [6.07, 6.45) is 0. The van der Waals surface area contributed by atoms with Crippen molar-refractivity contribution in [3.05, 3.63) is 22.2 Å². The van der Waals surface area contributed by atoms with Crippen LogP contribution in [-0.2, 0) is 14.8 Å². The number of hydrogen-bond donors (Lipinski definition) is 0. The first-order chi connectivity index (χ1) is 7.46.